The van der Waals surface area contributed by atoms with Gasteiger partial charge in [0.15, 0.2) is 0 Å². The Morgan fingerprint density at radius 3 is 2.00 bits per heavy atom. The van der Waals surface area contributed by atoms with E-state index in [9.17, 15) is 17.7 Å². The van der Waals surface area contributed by atoms with Crippen LogP contribution in [0.4, 0.5) is 0 Å². The second kappa shape index (κ2) is 10.2. The number of benzene rings is 3. The highest BCUT2D eigenvalue weighted by Crippen LogP contribution is 2.25. The van der Waals surface area contributed by atoms with Gasteiger partial charge in [0.1, 0.15) is 11.0 Å². The molecule has 0 saturated carbocycles. The molecule has 0 aromatic heterocycles. The number of hydrogen-bond donors (Lipinski definition) is 1. The van der Waals surface area contributed by atoms with Gasteiger partial charge in [-0.15, -0.1) is 3.71 Å². The Labute approximate surface area is 186 Å². The molecular formula is C24H25NO4S2. The molecule has 0 aliphatic rings. The van der Waals surface area contributed by atoms with Crippen LogP contribution < -0.4 is 0 Å². The van der Waals surface area contributed by atoms with Crippen LogP contribution in [0.2, 0.25) is 0 Å². The van der Waals surface area contributed by atoms with Crippen molar-refractivity contribution >= 4 is 21.0 Å². The zero-order valence-corrected chi connectivity index (χ0v) is 19.0. The normalized spacial score (nSPS) is 15.1. The average Bonchev–Trinajstić information content (AvgIpc) is 2.79. The number of nitrogens with zero attached hydrogens (tertiary/aromatic N) is 1. The number of hydrogen-bond acceptors (Lipinski definition) is 4. The van der Waals surface area contributed by atoms with E-state index in [1.54, 1.807) is 67.6 Å². The molecule has 0 saturated heterocycles. The third kappa shape index (κ3) is 5.57. The van der Waals surface area contributed by atoms with Crippen LogP contribution in [0.3, 0.4) is 0 Å². The van der Waals surface area contributed by atoms with Gasteiger partial charge in [0, 0.05) is 0 Å². The second-order valence-corrected chi connectivity index (χ2v) is 10.5. The van der Waals surface area contributed by atoms with Gasteiger partial charge in [0.25, 0.3) is 10.0 Å². The summed E-state index contributed by atoms with van der Waals surface area (Å²) in [5.74, 6) is 0. The third-order valence-corrected chi connectivity index (χ3v) is 8.71. The Kier molecular flexibility index (Phi) is 7.56. The summed E-state index contributed by atoms with van der Waals surface area (Å²) in [6.07, 6.45) is 2.17. The highest BCUT2D eigenvalue weighted by molar-refractivity contribution is 8.01. The molecule has 3 aromatic carbocycles. The summed E-state index contributed by atoms with van der Waals surface area (Å²) >= 11 is 0. The largest absolute Gasteiger partial charge is 0.384 e. The van der Waals surface area contributed by atoms with Crippen LogP contribution in [-0.4, -0.2) is 27.5 Å². The predicted molar refractivity (Wildman–Crippen MR) is 123 cm³/mol. The molecule has 0 aliphatic heterocycles. The van der Waals surface area contributed by atoms with Crippen molar-refractivity contribution in [3.8, 4) is 0 Å². The van der Waals surface area contributed by atoms with Gasteiger partial charge in [-0.05, 0) is 43.7 Å². The predicted octanol–water partition coefficient (Wildman–Crippen LogP) is 4.39. The van der Waals surface area contributed by atoms with E-state index < -0.39 is 33.2 Å². The Balaban J connectivity index is 1.98. The lowest BCUT2D eigenvalue weighted by atomic mass is 10.1. The molecule has 1 unspecified atom stereocenters. The van der Waals surface area contributed by atoms with Gasteiger partial charge in [-0.3, -0.25) is 0 Å². The quantitative estimate of drug-likeness (QED) is 0.511. The monoisotopic (exact) mass is 455 g/mol. The van der Waals surface area contributed by atoms with Crippen LogP contribution in [-0.2, 0) is 21.0 Å². The molecule has 3 rings (SSSR count). The van der Waals surface area contributed by atoms with Crippen LogP contribution in [0, 0.1) is 6.92 Å². The third-order valence-electron chi connectivity index (χ3n) is 4.71. The van der Waals surface area contributed by atoms with E-state index in [1.807, 2.05) is 25.1 Å². The SMILES string of the molecule is Cc1ccc(S(=O)(=O)N([C@@H](C)/C=C/[C@@H](O)c2ccccc2)S(=O)c2ccccc2)cc1. The zero-order chi connectivity index (χ0) is 22.4. The van der Waals surface area contributed by atoms with Gasteiger partial charge in [-0.25, -0.2) is 12.6 Å². The first kappa shape index (κ1) is 23.1. The Morgan fingerprint density at radius 1 is 0.871 bits per heavy atom. The summed E-state index contributed by atoms with van der Waals surface area (Å²) in [6.45, 7) is 3.51. The molecule has 0 heterocycles. The van der Waals surface area contributed by atoms with Crippen LogP contribution in [0.25, 0.3) is 0 Å². The summed E-state index contributed by atoms with van der Waals surface area (Å²) in [4.78, 5) is 0.438. The molecule has 1 N–H and O–H groups in total. The first-order valence-corrected chi connectivity index (χ1v) is 12.3. The molecule has 0 spiro atoms. The van der Waals surface area contributed by atoms with E-state index in [-0.39, 0.29) is 4.90 Å². The molecule has 162 valence electrons. The molecular weight excluding hydrogens is 430 g/mol. The lowest BCUT2D eigenvalue weighted by Gasteiger charge is -2.25. The van der Waals surface area contributed by atoms with Crippen molar-refractivity contribution in [2.75, 3.05) is 0 Å². The number of aryl methyl sites for hydroxylation is 1. The van der Waals surface area contributed by atoms with Crippen molar-refractivity contribution in [2.45, 2.75) is 35.8 Å². The van der Waals surface area contributed by atoms with E-state index in [0.29, 0.717) is 10.5 Å². The van der Waals surface area contributed by atoms with E-state index in [2.05, 4.69) is 0 Å². The van der Waals surface area contributed by atoms with Crippen molar-refractivity contribution in [1.29, 1.82) is 0 Å². The molecule has 3 aromatic rings. The highest BCUT2D eigenvalue weighted by atomic mass is 32.3. The zero-order valence-electron chi connectivity index (χ0n) is 17.3. The molecule has 0 amide bonds. The minimum Gasteiger partial charge on any atom is -0.384 e. The molecule has 31 heavy (non-hydrogen) atoms. The van der Waals surface area contributed by atoms with Crippen molar-refractivity contribution in [2.24, 2.45) is 0 Å². The first-order chi connectivity index (χ1) is 14.8. The summed E-state index contributed by atoms with van der Waals surface area (Å²) < 4.78 is 41.2. The second-order valence-electron chi connectivity index (χ2n) is 7.12. The van der Waals surface area contributed by atoms with Crippen molar-refractivity contribution < 1.29 is 17.7 Å². The molecule has 5 nitrogen and oxygen atoms in total. The lowest BCUT2D eigenvalue weighted by Crippen LogP contribution is -2.39. The summed E-state index contributed by atoms with van der Waals surface area (Å²) in [5, 5.41) is 10.4. The van der Waals surface area contributed by atoms with Crippen LogP contribution in [0.1, 0.15) is 24.2 Å². The minimum atomic E-state index is -4.08. The fraction of sp³-hybridized carbons (Fsp3) is 0.167. The standard InChI is InChI=1S/C24H25NO4S2/c1-19-13-16-23(17-14-19)31(28,29)25(30(27)22-11-7-4-8-12-22)20(2)15-18-24(26)21-9-5-3-6-10-21/h3-18,20,24,26H,1-2H3/b18-15+/t20-,24+,30?/m0/s1. The van der Waals surface area contributed by atoms with Gasteiger partial charge in [0.2, 0.25) is 0 Å². The van der Waals surface area contributed by atoms with Gasteiger partial charge in [-0.1, -0.05) is 78.4 Å². The fourth-order valence-corrected chi connectivity index (χ4v) is 6.41. The minimum absolute atomic E-state index is 0.0613. The van der Waals surface area contributed by atoms with Gasteiger partial charge < -0.3 is 5.11 Å². The number of sulfonamides is 1. The molecule has 0 bridgehead atoms. The lowest BCUT2D eigenvalue weighted by molar-refractivity contribution is 0.228. The number of aliphatic hydroxyl groups is 1. The van der Waals surface area contributed by atoms with Gasteiger partial charge >= 0.3 is 0 Å². The van der Waals surface area contributed by atoms with E-state index >= 15 is 0 Å². The average molecular weight is 456 g/mol. The maximum Gasteiger partial charge on any atom is 0.255 e. The molecule has 3 atom stereocenters. The Hall–Kier alpha value is -2.58. The maximum atomic E-state index is 13.5. The van der Waals surface area contributed by atoms with Crippen molar-refractivity contribution in [3.63, 3.8) is 0 Å². The molecule has 7 heteroatoms. The van der Waals surface area contributed by atoms with Crippen molar-refractivity contribution in [1.82, 2.24) is 3.71 Å². The van der Waals surface area contributed by atoms with Gasteiger partial charge in [0.05, 0.1) is 21.9 Å². The maximum absolute atomic E-state index is 13.5. The van der Waals surface area contributed by atoms with Gasteiger partial charge in [-0.2, -0.15) is 0 Å². The smallest absolute Gasteiger partial charge is 0.255 e. The summed E-state index contributed by atoms with van der Waals surface area (Å²) in [6, 6.07) is 23.1. The van der Waals surface area contributed by atoms with Crippen LogP contribution in [0.15, 0.2) is 107 Å². The topological polar surface area (TPSA) is 74.7 Å². The number of aliphatic hydroxyl groups excluding tert-OH is 1. The summed E-state index contributed by atoms with van der Waals surface area (Å²) in [7, 11) is -6.05. The van der Waals surface area contributed by atoms with E-state index in [1.165, 1.54) is 18.2 Å². The first-order valence-electron chi connectivity index (χ1n) is 9.80. The van der Waals surface area contributed by atoms with Crippen molar-refractivity contribution in [3.05, 3.63) is 108 Å². The fourth-order valence-electron chi connectivity index (χ4n) is 3.01. The Bertz CT molecular complexity index is 1150. The van der Waals surface area contributed by atoms with E-state index in [0.717, 1.165) is 9.27 Å². The Morgan fingerprint density at radius 2 is 1.42 bits per heavy atom. The highest BCUT2D eigenvalue weighted by Gasteiger charge is 2.34. The number of rotatable bonds is 8. The molecule has 0 fully saturated rings. The van der Waals surface area contributed by atoms with E-state index in [4.69, 9.17) is 0 Å². The molecule has 0 aliphatic carbocycles. The van der Waals surface area contributed by atoms with Crippen LogP contribution in [0.5, 0.6) is 0 Å². The molecule has 0 radical (unpaired) electrons. The van der Waals surface area contributed by atoms with Crippen LogP contribution >= 0.6 is 0 Å². The summed E-state index contributed by atoms with van der Waals surface area (Å²) in [5.41, 5.74) is 1.61.